The van der Waals surface area contributed by atoms with Crippen molar-refractivity contribution in [2.75, 3.05) is 39.3 Å². The maximum atomic E-state index is 5.75. The van der Waals surface area contributed by atoms with E-state index in [1.54, 1.807) is 0 Å². The van der Waals surface area contributed by atoms with Crippen LogP contribution in [0.5, 0.6) is 0 Å². The van der Waals surface area contributed by atoms with E-state index in [1.165, 1.54) is 35.1 Å². The summed E-state index contributed by atoms with van der Waals surface area (Å²) in [7, 11) is 0. The van der Waals surface area contributed by atoms with Gasteiger partial charge in [-0.2, -0.15) is 0 Å². The predicted octanol–water partition coefficient (Wildman–Crippen LogP) is 1.36. The minimum absolute atomic E-state index is 0.689. The van der Waals surface area contributed by atoms with Gasteiger partial charge < -0.3 is 20.5 Å². The Morgan fingerprint density at radius 3 is 2.76 bits per heavy atom. The lowest BCUT2D eigenvalue weighted by Crippen LogP contribution is -2.44. The monoisotopic (exact) mass is 286 g/mol. The van der Waals surface area contributed by atoms with Gasteiger partial charge in [-0.3, -0.25) is 0 Å². The van der Waals surface area contributed by atoms with Crippen LogP contribution in [0.4, 0.5) is 0 Å². The average Bonchev–Trinajstić information content (AvgIpc) is 2.84. The lowest BCUT2D eigenvalue weighted by Gasteiger charge is -2.26. The molecule has 0 atom stereocenters. The summed E-state index contributed by atoms with van der Waals surface area (Å²) in [5.74, 6) is 0. The van der Waals surface area contributed by atoms with E-state index in [9.17, 15) is 0 Å². The Bertz CT molecular complexity index is 596. The Hall–Kier alpha value is -1.36. The van der Waals surface area contributed by atoms with Crippen LogP contribution in [0.2, 0.25) is 0 Å². The number of piperazine rings is 1. The number of fused-ring (bicyclic) bond motifs is 1. The molecule has 3 N–H and O–H groups in total. The van der Waals surface area contributed by atoms with Crippen LogP contribution in [0.15, 0.2) is 24.4 Å². The Morgan fingerprint density at radius 1 is 1.19 bits per heavy atom. The van der Waals surface area contributed by atoms with Crippen molar-refractivity contribution in [1.82, 2.24) is 14.8 Å². The number of rotatable bonds is 5. The Kier molecular flexibility index (Phi) is 4.58. The molecule has 1 aromatic heterocycles. The highest BCUT2D eigenvalue weighted by atomic mass is 15.2. The van der Waals surface area contributed by atoms with E-state index >= 15 is 0 Å². The molecule has 1 saturated heterocycles. The largest absolute Gasteiger partial charge is 0.346 e. The first-order chi connectivity index (χ1) is 10.3. The van der Waals surface area contributed by atoms with Crippen molar-refractivity contribution < 1.29 is 0 Å². The van der Waals surface area contributed by atoms with Gasteiger partial charge >= 0.3 is 0 Å². The fourth-order valence-electron chi connectivity index (χ4n) is 3.21. The Labute approximate surface area is 126 Å². The van der Waals surface area contributed by atoms with Crippen LogP contribution in [0.3, 0.4) is 0 Å². The minimum atomic E-state index is 0.689. The fourth-order valence-corrected chi connectivity index (χ4v) is 3.21. The lowest BCUT2D eigenvalue weighted by molar-refractivity contribution is 0.244. The number of hydrogen-bond donors (Lipinski definition) is 2. The fraction of sp³-hybridized carbons (Fsp3) is 0.529. The number of benzene rings is 1. The molecule has 0 amide bonds. The minimum Gasteiger partial charge on any atom is -0.346 e. The highest BCUT2D eigenvalue weighted by Gasteiger charge is 2.12. The van der Waals surface area contributed by atoms with Gasteiger partial charge in [0.15, 0.2) is 0 Å². The standard InChI is InChI=1S/C17H26N4/c1-14-2-3-16-15(4-8-20-10-6-19-7-11-20)13-21(9-5-18)17(16)12-14/h2-3,12-13,19H,4-11,18H2,1H3. The zero-order valence-corrected chi connectivity index (χ0v) is 12.9. The van der Waals surface area contributed by atoms with Crippen LogP contribution in [0.25, 0.3) is 10.9 Å². The molecule has 0 bridgehead atoms. The highest BCUT2D eigenvalue weighted by Crippen LogP contribution is 2.23. The molecule has 21 heavy (non-hydrogen) atoms. The van der Waals surface area contributed by atoms with Crippen LogP contribution in [-0.4, -0.2) is 48.7 Å². The lowest BCUT2D eigenvalue weighted by atomic mass is 10.1. The van der Waals surface area contributed by atoms with Gasteiger partial charge in [0.1, 0.15) is 0 Å². The van der Waals surface area contributed by atoms with E-state index in [0.717, 1.165) is 32.6 Å². The molecule has 0 radical (unpaired) electrons. The molecule has 3 rings (SSSR count). The van der Waals surface area contributed by atoms with Crippen LogP contribution in [0.1, 0.15) is 11.1 Å². The van der Waals surface area contributed by atoms with Crippen molar-refractivity contribution in [2.45, 2.75) is 19.9 Å². The number of nitrogens with one attached hydrogen (secondary N) is 1. The molecule has 4 heteroatoms. The smallest absolute Gasteiger partial charge is 0.0486 e. The molecular formula is C17H26N4. The van der Waals surface area contributed by atoms with Crippen molar-refractivity contribution in [3.05, 3.63) is 35.5 Å². The molecule has 0 aliphatic carbocycles. The maximum absolute atomic E-state index is 5.75. The molecule has 1 aromatic carbocycles. The second kappa shape index (κ2) is 6.60. The molecule has 2 heterocycles. The summed E-state index contributed by atoms with van der Waals surface area (Å²) in [6.07, 6.45) is 3.43. The molecule has 4 nitrogen and oxygen atoms in total. The molecule has 1 aliphatic heterocycles. The van der Waals surface area contributed by atoms with Crippen LogP contribution in [0, 0.1) is 6.92 Å². The van der Waals surface area contributed by atoms with Gasteiger partial charge in [0, 0.05) is 62.9 Å². The first-order valence-corrected chi connectivity index (χ1v) is 7.99. The SMILES string of the molecule is Cc1ccc2c(CCN3CCNCC3)cn(CCN)c2c1. The third kappa shape index (κ3) is 3.28. The maximum Gasteiger partial charge on any atom is 0.0486 e. The summed E-state index contributed by atoms with van der Waals surface area (Å²) in [6.45, 7) is 9.46. The average molecular weight is 286 g/mol. The summed E-state index contributed by atoms with van der Waals surface area (Å²) in [5, 5.41) is 4.80. The van der Waals surface area contributed by atoms with Crippen molar-refractivity contribution in [3.63, 3.8) is 0 Å². The zero-order chi connectivity index (χ0) is 14.7. The molecule has 2 aromatic rings. The van der Waals surface area contributed by atoms with Crippen molar-refractivity contribution >= 4 is 10.9 Å². The summed E-state index contributed by atoms with van der Waals surface area (Å²) < 4.78 is 2.31. The first-order valence-electron chi connectivity index (χ1n) is 7.99. The van der Waals surface area contributed by atoms with Crippen molar-refractivity contribution in [3.8, 4) is 0 Å². The van der Waals surface area contributed by atoms with E-state index in [2.05, 4.69) is 46.1 Å². The summed E-state index contributed by atoms with van der Waals surface area (Å²) in [4.78, 5) is 2.55. The second-order valence-corrected chi connectivity index (χ2v) is 6.00. The molecule has 1 fully saturated rings. The van der Waals surface area contributed by atoms with E-state index in [0.29, 0.717) is 6.54 Å². The van der Waals surface area contributed by atoms with E-state index in [1.807, 2.05) is 0 Å². The summed E-state index contributed by atoms with van der Waals surface area (Å²) >= 11 is 0. The van der Waals surface area contributed by atoms with Gasteiger partial charge in [-0.1, -0.05) is 12.1 Å². The number of hydrogen-bond acceptors (Lipinski definition) is 3. The third-order valence-electron chi connectivity index (χ3n) is 4.40. The van der Waals surface area contributed by atoms with E-state index in [-0.39, 0.29) is 0 Å². The quantitative estimate of drug-likeness (QED) is 0.872. The zero-order valence-electron chi connectivity index (χ0n) is 12.9. The van der Waals surface area contributed by atoms with Gasteiger partial charge in [-0.05, 0) is 30.5 Å². The molecule has 1 aliphatic rings. The third-order valence-corrected chi connectivity index (χ3v) is 4.40. The predicted molar refractivity (Wildman–Crippen MR) is 88.7 cm³/mol. The molecular weight excluding hydrogens is 260 g/mol. The van der Waals surface area contributed by atoms with Crippen LogP contribution in [-0.2, 0) is 13.0 Å². The van der Waals surface area contributed by atoms with Gasteiger partial charge in [0.05, 0.1) is 0 Å². The van der Waals surface area contributed by atoms with Gasteiger partial charge in [-0.15, -0.1) is 0 Å². The molecule has 114 valence electrons. The number of aromatic nitrogens is 1. The second-order valence-electron chi connectivity index (χ2n) is 6.00. The van der Waals surface area contributed by atoms with Gasteiger partial charge in [0.2, 0.25) is 0 Å². The van der Waals surface area contributed by atoms with Crippen molar-refractivity contribution in [2.24, 2.45) is 5.73 Å². The highest BCUT2D eigenvalue weighted by molar-refractivity contribution is 5.84. The van der Waals surface area contributed by atoms with E-state index < -0.39 is 0 Å². The summed E-state index contributed by atoms with van der Waals surface area (Å²) in [5.41, 5.74) is 9.85. The normalized spacial score (nSPS) is 16.7. The van der Waals surface area contributed by atoms with E-state index in [4.69, 9.17) is 5.73 Å². The number of nitrogens with two attached hydrogens (primary N) is 1. The molecule has 0 unspecified atom stereocenters. The van der Waals surface area contributed by atoms with Gasteiger partial charge in [-0.25, -0.2) is 0 Å². The first kappa shape index (κ1) is 14.6. The number of aryl methyl sites for hydroxylation is 1. The molecule has 0 spiro atoms. The topological polar surface area (TPSA) is 46.2 Å². The Morgan fingerprint density at radius 2 is 2.00 bits per heavy atom. The van der Waals surface area contributed by atoms with Crippen LogP contribution < -0.4 is 11.1 Å². The van der Waals surface area contributed by atoms with Gasteiger partial charge in [0.25, 0.3) is 0 Å². The number of nitrogens with zero attached hydrogens (tertiary/aromatic N) is 2. The van der Waals surface area contributed by atoms with Crippen molar-refractivity contribution in [1.29, 1.82) is 0 Å². The molecule has 0 saturated carbocycles. The van der Waals surface area contributed by atoms with Crippen LogP contribution >= 0.6 is 0 Å². The summed E-state index contributed by atoms with van der Waals surface area (Å²) in [6, 6.07) is 6.76. The Balaban J connectivity index is 1.80.